The molecule has 1 unspecified atom stereocenters. The first-order valence-electron chi connectivity index (χ1n) is 8.77. The molecule has 0 radical (unpaired) electrons. The van der Waals surface area contributed by atoms with E-state index in [4.69, 9.17) is 9.15 Å². The van der Waals surface area contributed by atoms with Crippen molar-refractivity contribution in [3.05, 3.63) is 64.0 Å². The number of nitrogens with one attached hydrogen (secondary N) is 2. The van der Waals surface area contributed by atoms with Crippen LogP contribution in [-0.4, -0.2) is 18.9 Å². The summed E-state index contributed by atoms with van der Waals surface area (Å²) in [6.07, 6.45) is 1.52. The molecule has 2 N–H and O–H groups in total. The van der Waals surface area contributed by atoms with E-state index in [9.17, 15) is 14.4 Å². The molecule has 0 aliphatic carbocycles. The maximum absolute atomic E-state index is 13.0. The molecule has 7 nitrogen and oxygen atoms in total. The molecule has 4 rings (SSSR count). The second kappa shape index (κ2) is 6.84. The monoisotopic (exact) mass is 378 g/mol. The summed E-state index contributed by atoms with van der Waals surface area (Å²) < 4.78 is 11.0. The van der Waals surface area contributed by atoms with Crippen LogP contribution < -0.4 is 20.8 Å². The average molecular weight is 378 g/mol. The highest BCUT2D eigenvalue weighted by atomic mass is 16.5. The van der Waals surface area contributed by atoms with Gasteiger partial charge in [-0.2, -0.15) is 0 Å². The Kier molecular flexibility index (Phi) is 4.35. The van der Waals surface area contributed by atoms with E-state index in [1.54, 1.807) is 36.4 Å². The zero-order chi connectivity index (χ0) is 19.8. The molecule has 142 valence electrons. The molecule has 2 aromatic carbocycles. The van der Waals surface area contributed by atoms with Crippen molar-refractivity contribution >= 4 is 34.2 Å². The van der Waals surface area contributed by atoms with Crippen molar-refractivity contribution in [1.82, 2.24) is 0 Å². The maximum Gasteiger partial charge on any atom is 0.225 e. The van der Waals surface area contributed by atoms with Crippen molar-refractivity contribution in [2.45, 2.75) is 19.3 Å². The topological polar surface area (TPSA) is 97.6 Å². The quantitative estimate of drug-likeness (QED) is 0.729. The molecule has 1 aliphatic rings. The van der Waals surface area contributed by atoms with Gasteiger partial charge in [-0.15, -0.1) is 0 Å². The zero-order valence-corrected chi connectivity index (χ0v) is 15.4. The molecule has 28 heavy (non-hydrogen) atoms. The summed E-state index contributed by atoms with van der Waals surface area (Å²) in [5.41, 5.74) is 2.44. The van der Waals surface area contributed by atoms with E-state index in [0.717, 1.165) is 0 Å². The van der Waals surface area contributed by atoms with Gasteiger partial charge in [0.2, 0.25) is 11.8 Å². The number of ether oxygens (including phenoxy) is 1. The first-order valence-corrected chi connectivity index (χ1v) is 8.77. The fraction of sp³-hybridized carbons (Fsp3) is 0.190. The molecule has 7 heteroatoms. The fourth-order valence-electron chi connectivity index (χ4n) is 3.56. The van der Waals surface area contributed by atoms with Crippen LogP contribution in [0, 0.1) is 0 Å². The van der Waals surface area contributed by atoms with Gasteiger partial charge in [-0.25, -0.2) is 0 Å². The minimum atomic E-state index is -0.497. The number of para-hydroxylation sites is 1. The van der Waals surface area contributed by atoms with E-state index in [1.165, 1.54) is 20.3 Å². The Bertz CT molecular complexity index is 1170. The Morgan fingerprint density at radius 2 is 2.00 bits per heavy atom. The SMILES string of the molecule is COc1cc2c(cc1NC(C)=O)C(c1coc3ccccc3c1=O)CC(=O)N2. The van der Waals surface area contributed by atoms with Gasteiger partial charge in [0.05, 0.1) is 24.4 Å². The summed E-state index contributed by atoms with van der Waals surface area (Å²) in [5.74, 6) is -0.539. The number of benzene rings is 2. The van der Waals surface area contributed by atoms with E-state index in [2.05, 4.69) is 10.6 Å². The van der Waals surface area contributed by atoms with E-state index in [1.807, 2.05) is 0 Å². The molecule has 1 aromatic heterocycles. The van der Waals surface area contributed by atoms with Crippen molar-refractivity contribution in [3.63, 3.8) is 0 Å². The molecule has 2 heterocycles. The molecule has 3 aromatic rings. The van der Waals surface area contributed by atoms with Crippen LogP contribution in [-0.2, 0) is 9.59 Å². The predicted octanol–water partition coefficient (Wildman–Crippen LogP) is 3.23. The first kappa shape index (κ1) is 17.8. The third-order valence-electron chi connectivity index (χ3n) is 4.80. The predicted molar refractivity (Wildman–Crippen MR) is 105 cm³/mol. The van der Waals surface area contributed by atoms with Gasteiger partial charge in [-0.3, -0.25) is 14.4 Å². The van der Waals surface area contributed by atoms with E-state index in [-0.39, 0.29) is 23.7 Å². The molecule has 0 spiro atoms. The van der Waals surface area contributed by atoms with Gasteiger partial charge in [0.15, 0.2) is 5.43 Å². The third kappa shape index (κ3) is 3.00. The number of fused-ring (bicyclic) bond motifs is 2. The van der Waals surface area contributed by atoms with Gasteiger partial charge in [-0.05, 0) is 23.8 Å². The summed E-state index contributed by atoms with van der Waals surface area (Å²) in [6.45, 7) is 1.40. The Labute approximate surface area is 160 Å². The lowest BCUT2D eigenvalue weighted by molar-refractivity contribution is -0.117. The molecule has 1 aliphatic heterocycles. The van der Waals surface area contributed by atoms with E-state index in [0.29, 0.717) is 39.2 Å². The number of hydrogen-bond acceptors (Lipinski definition) is 5. The molecule has 0 bridgehead atoms. The van der Waals surface area contributed by atoms with Gasteiger partial charge < -0.3 is 19.8 Å². The molecule has 0 fully saturated rings. The van der Waals surface area contributed by atoms with E-state index < -0.39 is 5.92 Å². The van der Waals surface area contributed by atoms with Gasteiger partial charge in [-0.1, -0.05) is 12.1 Å². The largest absolute Gasteiger partial charge is 0.494 e. The lowest BCUT2D eigenvalue weighted by atomic mass is 9.84. The van der Waals surface area contributed by atoms with Crippen LogP contribution in [0.4, 0.5) is 11.4 Å². The maximum atomic E-state index is 13.0. The molecule has 0 saturated heterocycles. The summed E-state index contributed by atoms with van der Waals surface area (Å²) >= 11 is 0. The van der Waals surface area contributed by atoms with Crippen molar-refractivity contribution in [1.29, 1.82) is 0 Å². The van der Waals surface area contributed by atoms with Crippen LogP contribution in [0.25, 0.3) is 11.0 Å². The van der Waals surface area contributed by atoms with Gasteiger partial charge in [0, 0.05) is 36.6 Å². The number of carbonyl (C=O) groups is 2. The number of carbonyl (C=O) groups excluding carboxylic acids is 2. The van der Waals surface area contributed by atoms with Gasteiger partial charge >= 0.3 is 0 Å². The fourth-order valence-corrected chi connectivity index (χ4v) is 3.56. The second-order valence-corrected chi connectivity index (χ2v) is 6.64. The van der Waals surface area contributed by atoms with E-state index >= 15 is 0 Å². The van der Waals surface area contributed by atoms with Crippen LogP contribution in [0.1, 0.15) is 30.4 Å². The molecule has 1 atom stereocenters. The van der Waals surface area contributed by atoms with Crippen molar-refractivity contribution in [3.8, 4) is 5.75 Å². The minimum absolute atomic E-state index is 0.0991. The highest BCUT2D eigenvalue weighted by Crippen LogP contribution is 2.41. The highest BCUT2D eigenvalue weighted by molar-refractivity contribution is 5.98. The molecule has 2 amide bonds. The smallest absolute Gasteiger partial charge is 0.225 e. The number of anilines is 2. The van der Waals surface area contributed by atoms with Gasteiger partial charge in [0.1, 0.15) is 11.3 Å². The summed E-state index contributed by atoms with van der Waals surface area (Å²) in [4.78, 5) is 36.9. The number of hydrogen-bond donors (Lipinski definition) is 2. The standard InChI is InChI=1S/C21H18N2O5/c1-11(24)22-17-7-14-13(8-20(25)23-16(14)9-19(17)27-2)15-10-28-18-6-4-3-5-12(18)21(15)26/h3-7,9-10,13H,8H2,1-2H3,(H,22,24)(H,23,25). The van der Waals surface area contributed by atoms with Crippen molar-refractivity contribution in [2.24, 2.45) is 0 Å². The van der Waals surface area contributed by atoms with Crippen LogP contribution in [0.2, 0.25) is 0 Å². The Morgan fingerprint density at radius 1 is 1.21 bits per heavy atom. The average Bonchev–Trinajstić information content (AvgIpc) is 2.67. The Morgan fingerprint density at radius 3 is 2.75 bits per heavy atom. The lowest BCUT2D eigenvalue weighted by Crippen LogP contribution is -2.27. The van der Waals surface area contributed by atoms with Crippen molar-refractivity contribution in [2.75, 3.05) is 17.7 Å². The Balaban J connectivity index is 1.91. The van der Waals surface area contributed by atoms with Crippen LogP contribution in [0.5, 0.6) is 5.75 Å². The number of methoxy groups -OCH3 is 1. The number of amides is 2. The number of rotatable bonds is 3. The first-order chi connectivity index (χ1) is 13.5. The molecule has 0 saturated carbocycles. The molecular weight excluding hydrogens is 360 g/mol. The highest BCUT2D eigenvalue weighted by Gasteiger charge is 2.30. The summed E-state index contributed by atoms with van der Waals surface area (Å²) in [5, 5.41) is 5.99. The Hall–Kier alpha value is -3.61. The van der Waals surface area contributed by atoms with Crippen LogP contribution in [0.15, 0.2) is 51.9 Å². The normalized spacial score (nSPS) is 15.6. The lowest BCUT2D eigenvalue weighted by Gasteiger charge is -2.27. The zero-order valence-electron chi connectivity index (χ0n) is 15.4. The minimum Gasteiger partial charge on any atom is -0.494 e. The third-order valence-corrected chi connectivity index (χ3v) is 4.80. The van der Waals surface area contributed by atoms with Crippen LogP contribution >= 0.6 is 0 Å². The summed E-state index contributed by atoms with van der Waals surface area (Å²) in [6, 6.07) is 10.4. The second-order valence-electron chi connectivity index (χ2n) is 6.64. The van der Waals surface area contributed by atoms with Gasteiger partial charge in [0.25, 0.3) is 0 Å². The molecular formula is C21H18N2O5. The van der Waals surface area contributed by atoms with Crippen LogP contribution in [0.3, 0.4) is 0 Å². The summed E-state index contributed by atoms with van der Waals surface area (Å²) in [7, 11) is 1.48. The van der Waals surface area contributed by atoms with Crippen molar-refractivity contribution < 1.29 is 18.7 Å².